The summed E-state index contributed by atoms with van der Waals surface area (Å²) in [5.74, 6) is 0.924. The van der Waals surface area contributed by atoms with Gasteiger partial charge in [0.25, 0.3) is 0 Å². The van der Waals surface area contributed by atoms with Crippen molar-refractivity contribution in [2.75, 3.05) is 7.11 Å². The molecular formula is C16H19NOS2. The van der Waals surface area contributed by atoms with E-state index in [2.05, 4.69) is 35.8 Å². The molecule has 1 N–H and O–H groups in total. The molecule has 0 bridgehead atoms. The summed E-state index contributed by atoms with van der Waals surface area (Å²) >= 11 is 3.87. The number of thioether (sulfide) groups is 1. The van der Waals surface area contributed by atoms with E-state index in [1.807, 2.05) is 35.2 Å². The Morgan fingerprint density at radius 3 is 3.10 bits per heavy atom. The minimum atomic E-state index is 0.471. The van der Waals surface area contributed by atoms with Crippen LogP contribution in [0, 0.1) is 0 Å². The topological polar surface area (TPSA) is 21.3 Å². The molecule has 0 spiro atoms. The van der Waals surface area contributed by atoms with Crippen LogP contribution in [-0.4, -0.2) is 12.4 Å². The first-order valence-electron chi connectivity index (χ1n) is 6.86. The van der Waals surface area contributed by atoms with Gasteiger partial charge in [-0.3, -0.25) is 0 Å². The highest BCUT2D eigenvalue weighted by molar-refractivity contribution is 8.01. The number of rotatable bonds is 4. The molecule has 1 aromatic carbocycles. The second-order valence-electron chi connectivity index (χ2n) is 5.11. The molecule has 2 nitrogen and oxygen atoms in total. The average molecular weight is 305 g/mol. The zero-order valence-electron chi connectivity index (χ0n) is 11.8. The van der Waals surface area contributed by atoms with Crippen molar-refractivity contribution >= 4 is 23.1 Å². The summed E-state index contributed by atoms with van der Waals surface area (Å²) in [6.45, 7) is 3.20. The van der Waals surface area contributed by atoms with E-state index in [9.17, 15) is 0 Å². The first kappa shape index (κ1) is 14.0. The van der Waals surface area contributed by atoms with Gasteiger partial charge in [-0.05, 0) is 41.1 Å². The molecule has 3 rings (SSSR count). The van der Waals surface area contributed by atoms with Crippen molar-refractivity contribution < 1.29 is 4.74 Å². The van der Waals surface area contributed by atoms with Crippen molar-refractivity contribution in [3.05, 3.63) is 46.8 Å². The Labute approximate surface area is 128 Å². The van der Waals surface area contributed by atoms with Crippen molar-refractivity contribution in [2.45, 2.75) is 35.4 Å². The van der Waals surface area contributed by atoms with Crippen LogP contribution in [0.1, 0.15) is 30.5 Å². The maximum absolute atomic E-state index is 5.28. The maximum Gasteiger partial charge on any atom is 0.119 e. The molecule has 1 aliphatic rings. The van der Waals surface area contributed by atoms with Crippen molar-refractivity contribution in [2.24, 2.45) is 0 Å². The Kier molecular flexibility index (Phi) is 4.34. The highest BCUT2D eigenvalue weighted by Gasteiger charge is 2.25. The Bertz CT molecular complexity index is 581. The number of thiophene rings is 1. The molecule has 0 fully saturated rings. The minimum absolute atomic E-state index is 0.471. The fourth-order valence-electron chi connectivity index (χ4n) is 2.57. The summed E-state index contributed by atoms with van der Waals surface area (Å²) in [5, 5.41) is 6.59. The van der Waals surface area contributed by atoms with E-state index in [1.54, 1.807) is 7.11 Å². The molecule has 0 radical (unpaired) electrons. The fourth-order valence-corrected chi connectivity index (χ4v) is 5.13. The van der Waals surface area contributed by atoms with Gasteiger partial charge in [-0.15, -0.1) is 23.1 Å². The molecular weight excluding hydrogens is 286 g/mol. The van der Waals surface area contributed by atoms with Crippen molar-refractivity contribution in [3.8, 4) is 5.75 Å². The van der Waals surface area contributed by atoms with Crippen LogP contribution >= 0.6 is 23.1 Å². The Balaban J connectivity index is 1.69. The number of hydrogen-bond donors (Lipinski definition) is 1. The van der Waals surface area contributed by atoms with Crippen LogP contribution in [0.3, 0.4) is 0 Å². The van der Waals surface area contributed by atoms with Gasteiger partial charge in [0.05, 0.1) is 11.3 Å². The number of benzene rings is 1. The Morgan fingerprint density at radius 2 is 2.25 bits per heavy atom. The second-order valence-corrected chi connectivity index (χ2v) is 7.74. The molecule has 4 heteroatoms. The van der Waals surface area contributed by atoms with Crippen LogP contribution in [0.4, 0.5) is 0 Å². The molecule has 2 heterocycles. The summed E-state index contributed by atoms with van der Waals surface area (Å²) in [7, 11) is 1.71. The molecule has 0 saturated heterocycles. The van der Waals surface area contributed by atoms with Crippen LogP contribution in [0.5, 0.6) is 5.75 Å². The molecule has 2 aromatic rings. The third-order valence-electron chi connectivity index (χ3n) is 3.60. The van der Waals surface area contributed by atoms with E-state index in [4.69, 9.17) is 4.74 Å². The van der Waals surface area contributed by atoms with Gasteiger partial charge >= 0.3 is 0 Å². The Hall–Kier alpha value is -0.970. The third-order valence-corrected chi connectivity index (χ3v) is 5.94. The van der Waals surface area contributed by atoms with E-state index >= 15 is 0 Å². The zero-order valence-corrected chi connectivity index (χ0v) is 13.4. The fraction of sp³-hybridized carbons (Fsp3) is 0.375. The van der Waals surface area contributed by atoms with Gasteiger partial charge in [0.15, 0.2) is 0 Å². The Morgan fingerprint density at radius 1 is 1.35 bits per heavy atom. The average Bonchev–Trinajstić information content (AvgIpc) is 2.93. The molecule has 0 amide bonds. The van der Waals surface area contributed by atoms with Crippen LogP contribution in [0.25, 0.3) is 0 Å². The van der Waals surface area contributed by atoms with E-state index in [0.717, 1.165) is 12.3 Å². The predicted octanol–water partition coefficient (Wildman–Crippen LogP) is 4.47. The molecule has 0 saturated carbocycles. The number of nitrogens with one attached hydrogen (secondary N) is 1. The van der Waals surface area contributed by atoms with Crippen LogP contribution in [-0.2, 0) is 6.54 Å². The van der Waals surface area contributed by atoms with Gasteiger partial charge in [0.2, 0.25) is 0 Å². The van der Waals surface area contributed by atoms with Crippen LogP contribution in [0.15, 0.2) is 39.9 Å². The highest BCUT2D eigenvalue weighted by atomic mass is 32.2. The molecule has 1 unspecified atom stereocenters. The summed E-state index contributed by atoms with van der Waals surface area (Å²) in [6.07, 6.45) is 1.19. The van der Waals surface area contributed by atoms with Crippen molar-refractivity contribution in [1.29, 1.82) is 0 Å². The molecule has 20 heavy (non-hydrogen) atoms. The molecule has 106 valence electrons. The van der Waals surface area contributed by atoms with Crippen molar-refractivity contribution in [3.63, 3.8) is 0 Å². The summed E-state index contributed by atoms with van der Waals surface area (Å²) < 4.78 is 6.76. The number of hydrogen-bond acceptors (Lipinski definition) is 4. The van der Waals surface area contributed by atoms with Crippen molar-refractivity contribution in [1.82, 2.24) is 5.32 Å². The quantitative estimate of drug-likeness (QED) is 0.900. The molecule has 1 aliphatic heterocycles. The predicted molar refractivity (Wildman–Crippen MR) is 86.8 cm³/mol. The highest BCUT2D eigenvalue weighted by Crippen LogP contribution is 2.43. The van der Waals surface area contributed by atoms with Gasteiger partial charge in [0.1, 0.15) is 5.75 Å². The maximum atomic E-state index is 5.28. The van der Waals surface area contributed by atoms with E-state index in [1.165, 1.54) is 21.8 Å². The normalized spacial score (nSPS) is 21.5. The zero-order chi connectivity index (χ0) is 13.9. The van der Waals surface area contributed by atoms with E-state index in [-0.39, 0.29) is 0 Å². The van der Waals surface area contributed by atoms with Gasteiger partial charge in [-0.2, -0.15) is 0 Å². The summed E-state index contributed by atoms with van der Waals surface area (Å²) in [6, 6.07) is 11.0. The van der Waals surface area contributed by atoms with Crippen LogP contribution in [0.2, 0.25) is 0 Å². The van der Waals surface area contributed by atoms with Gasteiger partial charge in [-0.25, -0.2) is 0 Å². The number of fused-ring (bicyclic) bond motifs is 1. The lowest BCUT2D eigenvalue weighted by Crippen LogP contribution is -2.26. The first-order valence-corrected chi connectivity index (χ1v) is 8.62. The smallest absolute Gasteiger partial charge is 0.119 e. The lowest BCUT2D eigenvalue weighted by molar-refractivity contribution is 0.413. The molecule has 1 aromatic heterocycles. The second kappa shape index (κ2) is 6.20. The lowest BCUT2D eigenvalue weighted by atomic mass is 10.0. The largest absolute Gasteiger partial charge is 0.497 e. The lowest BCUT2D eigenvalue weighted by Gasteiger charge is -2.27. The molecule has 0 aliphatic carbocycles. The van der Waals surface area contributed by atoms with E-state index < -0.39 is 0 Å². The third kappa shape index (κ3) is 3.03. The number of ether oxygens (including phenoxy) is 1. The monoisotopic (exact) mass is 305 g/mol. The van der Waals surface area contributed by atoms with Crippen LogP contribution < -0.4 is 10.1 Å². The SMILES string of the molecule is COc1cccc(CNC2C[C@H](C)Sc3sccc32)c1. The first-order chi connectivity index (χ1) is 9.76. The minimum Gasteiger partial charge on any atom is -0.497 e. The summed E-state index contributed by atoms with van der Waals surface area (Å²) in [4.78, 5) is 0. The van der Waals surface area contributed by atoms with Gasteiger partial charge in [-0.1, -0.05) is 19.1 Å². The standard InChI is InChI=1S/C16H19NOS2/c1-11-8-15(14-6-7-19-16(14)20-11)17-10-12-4-3-5-13(9-12)18-2/h3-7,9,11,15,17H,8,10H2,1-2H3/t11-,15?/m0/s1. The summed E-state index contributed by atoms with van der Waals surface area (Å²) in [5.41, 5.74) is 2.74. The number of methoxy groups -OCH3 is 1. The van der Waals surface area contributed by atoms with E-state index in [0.29, 0.717) is 11.3 Å². The molecule has 2 atom stereocenters. The van der Waals surface area contributed by atoms with Gasteiger partial charge in [0, 0.05) is 17.8 Å². The van der Waals surface area contributed by atoms with Gasteiger partial charge < -0.3 is 10.1 Å².